The molecule has 2 amide bonds. The Morgan fingerprint density at radius 1 is 1.21 bits per heavy atom. The molecule has 9 nitrogen and oxygen atoms in total. The van der Waals surface area contributed by atoms with Gasteiger partial charge in [0.1, 0.15) is 6.54 Å². The molecule has 1 aliphatic heterocycles. The Balaban J connectivity index is 1.43. The van der Waals surface area contributed by atoms with Crippen LogP contribution in [0.3, 0.4) is 0 Å². The molecule has 0 unspecified atom stereocenters. The van der Waals surface area contributed by atoms with E-state index in [9.17, 15) is 9.59 Å². The molecule has 0 aliphatic carbocycles. The summed E-state index contributed by atoms with van der Waals surface area (Å²) in [7, 11) is 1.61. The zero-order valence-corrected chi connectivity index (χ0v) is 15.1. The van der Waals surface area contributed by atoms with Gasteiger partial charge in [0.25, 0.3) is 5.91 Å². The molecular weight excluding hydrogens is 362 g/mol. The van der Waals surface area contributed by atoms with Gasteiger partial charge in [-0.25, -0.2) is 4.98 Å². The third-order valence-electron chi connectivity index (χ3n) is 4.25. The van der Waals surface area contributed by atoms with Crippen molar-refractivity contribution in [2.75, 3.05) is 25.1 Å². The van der Waals surface area contributed by atoms with Crippen LogP contribution >= 0.6 is 0 Å². The maximum absolute atomic E-state index is 12.6. The van der Waals surface area contributed by atoms with Crippen molar-refractivity contribution in [3.63, 3.8) is 0 Å². The molecule has 3 aromatic rings. The molecular formula is C19H17N5O4. The second-order valence-corrected chi connectivity index (χ2v) is 6.22. The van der Waals surface area contributed by atoms with Gasteiger partial charge in [0.05, 0.1) is 6.54 Å². The normalized spacial score (nSPS) is 13.0. The number of benzene rings is 1. The number of fused-ring (bicyclic) bond motifs is 1. The number of ether oxygens (including phenoxy) is 1. The number of hydrogen-bond donors (Lipinski definition) is 0. The molecule has 1 aliphatic rings. The second kappa shape index (κ2) is 7.47. The van der Waals surface area contributed by atoms with Crippen LogP contribution in [-0.2, 0) is 16.1 Å². The lowest BCUT2D eigenvalue weighted by Gasteiger charge is -2.28. The van der Waals surface area contributed by atoms with Gasteiger partial charge in [0.15, 0.2) is 18.2 Å². The highest BCUT2D eigenvalue weighted by Crippen LogP contribution is 2.28. The van der Waals surface area contributed by atoms with Crippen LogP contribution in [0.15, 0.2) is 53.2 Å². The van der Waals surface area contributed by atoms with Crippen molar-refractivity contribution in [3.05, 3.63) is 54.6 Å². The van der Waals surface area contributed by atoms with Gasteiger partial charge in [-0.15, -0.1) is 0 Å². The van der Waals surface area contributed by atoms with Gasteiger partial charge in [-0.2, -0.15) is 4.98 Å². The lowest BCUT2D eigenvalue weighted by Crippen LogP contribution is -2.45. The molecule has 4 rings (SSSR count). The number of hydrogen-bond acceptors (Lipinski definition) is 7. The van der Waals surface area contributed by atoms with E-state index in [0.29, 0.717) is 23.3 Å². The first kappa shape index (κ1) is 17.7. The number of nitrogens with zero attached hydrogens (tertiary/aromatic N) is 5. The molecule has 3 heterocycles. The average molecular weight is 379 g/mol. The summed E-state index contributed by atoms with van der Waals surface area (Å²) in [6, 6.07) is 12.8. The van der Waals surface area contributed by atoms with E-state index in [1.165, 1.54) is 9.80 Å². The van der Waals surface area contributed by atoms with Crippen LogP contribution < -0.4 is 9.64 Å². The molecule has 2 aromatic heterocycles. The van der Waals surface area contributed by atoms with Crippen LogP contribution in [0.4, 0.5) is 5.82 Å². The lowest BCUT2D eigenvalue weighted by atomic mass is 10.2. The molecule has 0 saturated heterocycles. The summed E-state index contributed by atoms with van der Waals surface area (Å²) >= 11 is 0. The standard InChI is InChI=1S/C19H17N5O4/c1-23(10-15-21-18(22-28-15)13-6-3-2-4-7-13)16(25)11-24-17(26)12-27-14-8-5-9-20-19(14)24/h2-9H,10-12H2,1H3. The van der Waals surface area contributed by atoms with Crippen molar-refractivity contribution in [2.24, 2.45) is 0 Å². The lowest BCUT2D eigenvalue weighted by molar-refractivity contribution is -0.131. The van der Waals surface area contributed by atoms with Crippen molar-refractivity contribution >= 4 is 17.6 Å². The SMILES string of the molecule is CN(Cc1nc(-c2ccccc2)no1)C(=O)CN1C(=O)COc2cccnc21. The summed E-state index contributed by atoms with van der Waals surface area (Å²) < 4.78 is 10.6. The van der Waals surface area contributed by atoms with Crippen LogP contribution in [0.1, 0.15) is 5.89 Å². The fraction of sp³-hybridized carbons (Fsp3) is 0.211. The van der Waals surface area contributed by atoms with Crippen molar-refractivity contribution in [3.8, 4) is 17.1 Å². The summed E-state index contributed by atoms with van der Waals surface area (Å²) in [5.41, 5.74) is 0.827. The Morgan fingerprint density at radius 2 is 2.04 bits per heavy atom. The van der Waals surface area contributed by atoms with E-state index in [-0.39, 0.29) is 31.5 Å². The number of amides is 2. The fourth-order valence-corrected chi connectivity index (χ4v) is 2.77. The van der Waals surface area contributed by atoms with E-state index >= 15 is 0 Å². The maximum atomic E-state index is 12.6. The van der Waals surface area contributed by atoms with E-state index < -0.39 is 0 Å². The smallest absolute Gasteiger partial charge is 0.266 e. The number of pyridine rings is 1. The van der Waals surface area contributed by atoms with Crippen LogP contribution in [0, 0.1) is 0 Å². The first-order valence-electron chi connectivity index (χ1n) is 8.62. The topological polar surface area (TPSA) is 102 Å². The summed E-state index contributed by atoms with van der Waals surface area (Å²) in [6.45, 7) is -0.144. The highest BCUT2D eigenvalue weighted by molar-refractivity contribution is 6.01. The minimum Gasteiger partial charge on any atom is -0.480 e. The van der Waals surface area contributed by atoms with Gasteiger partial charge >= 0.3 is 0 Å². The Morgan fingerprint density at radius 3 is 2.86 bits per heavy atom. The van der Waals surface area contributed by atoms with Crippen LogP contribution in [0.5, 0.6) is 5.75 Å². The van der Waals surface area contributed by atoms with E-state index in [1.807, 2.05) is 30.3 Å². The molecule has 0 radical (unpaired) electrons. The average Bonchev–Trinajstić information content (AvgIpc) is 3.19. The summed E-state index contributed by atoms with van der Waals surface area (Å²) in [6.07, 6.45) is 1.55. The fourth-order valence-electron chi connectivity index (χ4n) is 2.77. The molecule has 0 N–H and O–H groups in total. The number of carbonyl (C=O) groups excluding carboxylic acids is 2. The largest absolute Gasteiger partial charge is 0.480 e. The van der Waals surface area contributed by atoms with Gasteiger partial charge in [0.2, 0.25) is 17.6 Å². The highest BCUT2D eigenvalue weighted by Gasteiger charge is 2.29. The molecule has 0 spiro atoms. The molecule has 0 saturated carbocycles. The minimum absolute atomic E-state index is 0.125. The van der Waals surface area contributed by atoms with Crippen LogP contribution in [0.2, 0.25) is 0 Å². The zero-order chi connectivity index (χ0) is 19.5. The van der Waals surface area contributed by atoms with Crippen LogP contribution in [-0.4, -0.2) is 52.0 Å². The Kier molecular flexibility index (Phi) is 4.71. The molecule has 28 heavy (non-hydrogen) atoms. The van der Waals surface area contributed by atoms with Gasteiger partial charge in [-0.1, -0.05) is 35.5 Å². The number of rotatable bonds is 5. The summed E-state index contributed by atoms with van der Waals surface area (Å²) in [5, 5.41) is 3.94. The maximum Gasteiger partial charge on any atom is 0.266 e. The number of carbonyl (C=O) groups is 2. The Hall–Kier alpha value is -3.75. The minimum atomic E-state index is -0.322. The highest BCUT2D eigenvalue weighted by atomic mass is 16.5. The third kappa shape index (κ3) is 3.54. The van der Waals surface area contributed by atoms with Crippen molar-refractivity contribution in [1.82, 2.24) is 20.0 Å². The Labute approximate surface area is 160 Å². The predicted octanol–water partition coefficient (Wildman–Crippen LogP) is 1.52. The number of likely N-dealkylation sites (N-methyl/N-ethyl adjacent to an activating group) is 1. The van der Waals surface area contributed by atoms with Crippen molar-refractivity contribution in [1.29, 1.82) is 0 Å². The molecule has 1 aromatic carbocycles. The molecule has 0 atom stereocenters. The number of aromatic nitrogens is 3. The quantitative estimate of drug-likeness (QED) is 0.662. The van der Waals surface area contributed by atoms with Crippen molar-refractivity contribution < 1.29 is 18.8 Å². The zero-order valence-electron chi connectivity index (χ0n) is 15.1. The molecule has 142 valence electrons. The van der Waals surface area contributed by atoms with E-state index in [0.717, 1.165) is 5.56 Å². The third-order valence-corrected chi connectivity index (χ3v) is 4.25. The molecule has 0 fully saturated rings. The first-order valence-corrected chi connectivity index (χ1v) is 8.62. The summed E-state index contributed by atoms with van der Waals surface area (Å²) in [4.78, 5) is 36.0. The molecule has 9 heteroatoms. The Bertz CT molecular complexity index is 1000. The van der Waals surface area contributed by atoms with Gasteiger partial charge in [0, 0.05) is 18.8 Å². The number of anilines is 1. The van der Waals surface area contributed by atoms with Crippen LogP contribution in [0.25, 0.3) is 11.4 Å². The van der Waals surface area contributed by atoms with E-state index in [1.54, 1.807) is 25.4 Å². The second-order valence-electron chi connectivity index (χ2n) is 6.22. The van der Waals surface area contributed by atoms with E-state index in [2.05, 4.69) is 15.1 Å². The van der Waals surface area contributed by atoms with Crippen molar-refractivity contribution in [2.45, 2.75) is 6.54 Å². The predicted molar refractivity (Wildman–Crippen MR) is 98.3 cm³/mol. The molecule has 0 bridgehead atoms. The summed E-state index contributed by atoms with van der Waals surface area (Å²) in [5.74, 6) is 0.967. The monoisotopic (exact) mass is 379 g/mol. The van der Waals surface area contributed by atoms with Gasteiger partial charge < -0.3 is 14.2 Å². The van der Waals surface area contributed by atoms with E-state index in [4.69, 9.17) is 9.26 Å². The first-order chi connectivity index (χ1) is 13.6. The van der Waals surface area contributed by atoms with Gasteiger partial charge in [-0.05, 0) is 12.1 Å². The van der Waals surface area contributed by atoms with Gasteiger partial charge in [-0.3, -0.25) is 14.5 Å².